The van der Waals surface area contributed by atoms with Gasteiger partial charge in [-0.1, -0.05) is 12.1 Å². The summed E-state index contributed by atoms with van der Waals surface area (Å²) >= 11 is 0. The first-order valence-electron chi connectivity index (χ1n) is 10.7. The smallest absolute Gasteiger partial charge is 0.184 e. The fraction of sp³-hybridized carbons (Fsp3) is 0.400. The first-order chi connectivity index (χ1) is 14.9. The monoisotopic (exact) mass is 416 g/mol. The quantitative estimate of drug-likeness (QED) is 0.783. The maximum atomic E-state index is 14.7. The third kappa shape index (κ3) is 2.84. The number of fused-ring (bicyclic) bond motifs is 3. The van der Waals surface area contributed by atoms with Crippen molar-refractivity contribution in [3.8, 4) is 17.2 Å². The van der Waals surface area contributed by atoms with Crippen molar-refractivity contribution in [1.82, 2.24) is 0 Å². The molecule has 0 saturated heterocycles. The molecule has 2 N–H and O–H groups in total. The number of amidine groups is 1. The summed E-state index contributed by atoms with van der Waals surface area (Å²) < 4.78 is 20.3. The summed E-state index contributed by atoms with van der Waals surface area (Å²) in [6.07, 6.45) is 4.94. The van der Waals surface area contributed by atoms with E-state index in [2.05, 4.69) is 12.1 Å². The summed E-state index contributed by atoms with van der Waals surface area (Å²) in [7, 11) is 1.77. The normalized spacial score (nSPS) is 29.0. The third-order valence-electron chi connectivity index (χ3n) is 7.37. The van der Waals surface area contributed by atoms with Gasteiger partial charge in [0.1, 0.15) is 11.7 Å². The number of aliphatic imine (C=N–C) groups is 2. The molecule has 0 amide bonds. The van der Waals surface area contributed by atoms with Gasteiger partial charge in [0.2, 0.25) is 0 Å². The van der Waals surface area contributed by atoms with Crippen LogP contribution in [0.4, 0.5) is 4.39 Å². The Hall–Kier alpha value is -3.04. The van der Waals surface area contributed by atoms with Crippen molar-refractivity contribution in [2.24, 2.45) is 21.1 Å². The molecule has 3 aliphatic rings. The van der Waals surface area contributed by atoms with Crippen molar-refractivity contribution >= 4 is 11.5 Å². The summed E-state index contributed by atoms with van der Waals surface area (Å²) in [6, 6.07) is 12.5. The molecular weight excluding hydrogens is 391 g/mol. The van der Waals surface area contributed by atoms with Gasteiger partial charge in [-0.15, -0.1) is 0 Å². The molecule has 2 spiro atoms. The number of nitriles is 1. The molecule has 1 atom stereocenters. The molecule has 5 nitrogen and oxygen atoms in total. The number of halogens is 1. The van der Waals surface area contributed by atoms with Crippen LogP contribution in [-0.2, 0) is 16.8 Å². The molecule has 1 saturated carbocycles. The highest BCUT2D eigenvalue weighted by atomic mass is 19.1. The Morgan fingerprint density at radius 1 is 1.16 bits per heavy atom. The van der Waals surface area contributed by atoms with Crippen LogP contribution in [0.5, 0.6) is 0 Å². The van der Waals surface area contributed by atoms with Crippen LogP contribution < -0.4 is 5.73 Å². The van der Waals surface area contributed by atoms with Gasteiger partial charge in [-0.25, -0.2) is 9.38 Å². The Morgan fingerprint density at radius 2 is 1.94 bits per heavy atom. The van der Waals surface area contributed by atoms with Gasteiger partial charge in [0.25, 0.3) is 0 Å². The van der Waals surface area contributed by atoms with Crippen LogP contribution in [0.2, 0.25) is 0 Å². The first-order valence-corrected chi connectivity index (χ1v) is 10.7. The van der Waals surface area contributed by atoms with Crippen LogP contribution in [-0.4, -0.2) is 24.8 Å². The van der Waals surface area contributed by atoms with Crippen molar-refractivity contribution in [2.45, 2.75) is 50.8 Å². The van der Waals surface area contributed by atoms with Crippen molar-refractivity contribution in [1.29, 1.82) is 5.26 Å². The lowest BCUT2D eigenvalue weighted by Crippen LogP contribution is -2.43. The first kappa shape index (κ1) is 19.9. The molecule has 1 fully saturated rings. The number of nitrogens with two attached hydrogens (primary N) is 1. The molecule has 1 aliphatic heterocycles. The molecule has 5 rings (SSSR count). The highest BCUT2D eigenvalue weighted by Crippen LogP contribution is 2.62. The Kier molecular flexibility index (Phi) is 4.49. The molecule has 2 aromatic carbocycles. The zero-order valence-electron chi connectivity index (χ0n) is 17.8. The molecule has 0 radical (unpaired) electrons. The topological polar surface area (TPSA) is 83.8 Å². The predicted molar refractivity (Wildman–Crippen MR) is 118 cm³/mol. The number of hydrogen-bond donors (Lipinski definition) is 1. The highest BCUT2D eigenvalue weighted by Gasteiger charge is 2.60. The molecule has 0 aromatic heterocycles. The van der Waals surface area contributed by atoms with E-state index in [1.807, 2.05) is 19.1 Å². The molecule has 31 heavy (non-hydrogen) atoms. The zero-order valence-corrected chi connectivity index (χ0v) is 17.8. The van der Waals surface area contributed by atoms with Crippen LogP contribution in [0.15, 0.2) is 46.4 Å². The molecule has 1 heterocycles. The molecule has 0 unspecified atom stereocenters. The number of methoxy groups -OCH3 is 1. The fourth-order valence-electron chi connectivity index (χ4n) is 5.66. The van der Waals surface area contributed by atoms with Gasteiger partial charge in [0, 0.05) is 23.7 Å². The Morgan fingerprint density at radius 3 is 2.58 bits per heavy atom. The van der Waals surface area contributed by atoms with Crippen LogP contribution in [0.1, 0.15) is 49.3 Å². The van der Waals surface area contributed by atoms with E-state index in [4.69, 9.17) is 20.5 Å². The molecule has 6 heteroatoms. The van der Waals surface area contributed by atoms with Crippen molar-refractivity contribution in [2.75, 3.05) is 7.11 Å². The van der Waals surface area contributed by atoms with E-state index in [1.165, 1.54) is 17.7 Å². The number of ether oxygens (including phenoxy) is 1. The summed E-state index contributed by atoms with van der Waals surface area (Å²) in [4.78, 5) is 10.0. The van der Waals surface area contributed by atoms with Crippen LogP contribution in [0, 0.1) is 22.6 Å². The lowest BCUT2D eigenvalue weighted by molar-refractivity contribution is -0.000372. The van der Waals surface area contributed by atoms with Gasteiger partial charge in [0.05, 0.1) is 23.4 Å². The maximum Gasteiger partial charge on any atom is 0.184 e. The van der Waals surface area contributed by atoms with Gasteiger partial charge >= 0.3 is 0 Å². The maximum absolute atomic E-state index is 14.7. The number of benzene rings is 2. The zero-order chi connectivity index (χ0) is 21.8. The van der Waals surface area contributed by atoms with Gasteiger partial charge < -0.3 is 10.5 Å². The van der Waals surface area contributed by atoms with Gasteiger partial charge in [-0.05, 0) is 74.4 Å². The van der Waals surface area contributed by atoms with Gasteiger partial charge in [0.15, 0.2) is 5.66 Å². The summed E-state index contributed by atoms with van der Waals surface area (Å²) in [5.41, 5.74) is 9.83. The molecule has 2 aromatic rings. The van der Waals surface area contributed by atoms with E-state index < -0.39 is 5.66 Å². The summed E-state index contributed by atoms with van der Waals surface area (Å²) in [5, 5.41) is 9.26. The SMILES string of the molecule is COC1CCC2(CC1)Cc1ccc(-c3cc(C#N)ccc3F)cc1[C@@]21N=C(C)C(N)=N1. The Balaban J connectivity index is 1.66. The molecule has 0 bridgehead atoms. The van der Waals surface area contributed by atoms with Crippen molar-refractivity contribution in [3.05, 3.63) is 58.9 Å². The third-order valence-corrected chi connectivity index (χ3v) is 7.37. The minimum absolute atomic E-state index is 0.154. The van der Waals surface area contributed by atoms with Crippen molar-refractivity contribution in [3.63, 3.8) is 0 Å². The number of nitrogens with zero attached hydrogens (tertiary/aromatic N) is 3. The minimum Gasteiger partial charge on any atom is -0.382 e. The standard InChI is InChI=1S/C25H25FN4O/c1-15-23(28)30-25(29-15)21-12-17(20-11-16(14-27)3-6-22(20)26)4-5-18(21)13-24(25)9-7-19(31-2)8-10-24/h3-6,11-12,19H,7-10,13H2,1-2H3,(H2,28,30)/t19?,24?,25-/m0/s1. The Labute approximate surface area is 181 Å². The van der Waals surface area contributed by atoms with Gasteiger partial charge in [-0.3, -0.25) is 4.99 Å². The second-order valence-electron chi connectivity index (χ2n) is 8.94. The van der Waals surface area contributed by atoms with Crippen LogP contribution >= 0.6 is 0 Å². The van der Waals surface area contributed by atoms with E-state index in [9.17, 15) is 9.65 Å². The number of hydrogen-bond acceptors (Lipinski definition) is 5. The molecule has 158 valence electrons. The highest BCUT2D eigenvalue weighted by molar-refractivity contribution is 6.41. The Bertz CT molecular complexity index is 1150. The van der Waals surface area contributed by atoms with Crippen LogP contribution in [0.25, 0.3) is 11.1 Å². The fourth-order valence-corrected chi connectivity index (χ4v) is 5.66. The number of rotatable bonds is 2. The average Bonchev–Trinajstić information content (AvgIpc) is 3.22. The van der Waals surface area contributed by atoms with E-state index in [-0.39, 0.29) is 17.3 Å². The van der Waals surface area contributed by atoms with E-state index in [0.29, 0.717) is 17.0 Å². The van der Waals surface area contributed by atoms with Crippen LogP contribution in [0.3, 0.4) is 0 Å². The van der Waals surface area contributed by atoms with E-state index in [0.717, 1.165) is 48.9 Å². The largest absolute Gasteiger partial charge is 0.382 e. The molecule has 2 aliphatic carbocycles. The lowest BCUT2D eigenvalue weighted by atomic mass is 9.65. The average molecular weight is 417 g/mol. The summed E-state index contributed by atoms with van der Waals surface area (Å²) in [5.74, 6) is 0.125. The lowest BCUT2D eigenvalue weighted by Gasteiger charge is -2.44. The van der Waals surface area contributed by atoms with E-state index in [1.54, 1.807) is 13.2 Å². The van der Waals surface area contributed by atoms with E-state index >= 15 is 0 Å². The second kappa shape index (κ2) is 7.00. The molecular formula is C25H25FN4O. The summed E-state index contributed by atoms with van der Waals surface area (Å²) in [6.45, 7) is 1.90. The van der Waals surface area contributed by atoms with Crippen molar-refractivity contribution < 1.29 is 9.13 Å². The predicted octanol–water partition coefficient (Wildman–Crippen LogP) is 4.48. The minimum atomic E-state index is -0.769. The van der Waals surface area contributed by atoms with Gasteiger partial charge in [-0.2, -0.15) is 5.26 Å². The second-order valence-corrected chi connectivity index (χ2v) is 8.94.